The third-order valence-electron chi connectivity index (χ3n) is 3.29. The number of pyridine rings is 1. The van der Waals surface area contributed by atoms with Crippen molar-refractivity contribution in [3.8, 4) is 11.3 Å². The van der Waals surface area contributed by atoms with Crippen LogP contribution in [0, 0.1) is 6.92 Å². The van der Waals surface area contributed by atoms with Crippen LogP contribution < -0.4 is 5.32 Å². The predicted molar refractivity (Wildman–Crippen MR) is 83.1 cm³/mol. The Morgan fingerprint density at radius 2 is 2.00 bits per heavy atom. The van der Waals surface area contributed by atoms with E-state index in [0.717, 1.165) is 40.8 Å². The van der Waals surface area contributed by atoms with Crippen LogP contribution in [0.25, 0.3) is 22.3 Å². The maximum absolute atomic E-state index is 4.59. The summed E-state index contributed by atoms with van der Waals surface area (Å²) in [5.41, 5.74) is 3.64. The molecule has 108 valence electrons. The molecule has 0 aromatic carbocycles. The minimum atomic E-state index is 0.649. The van der Waals surface area contributed by atoms with E-state index >= 15 is 0 Å². The molecule has 0 amide bonds. The van der Waals surface area contributed by atoms with E-state index in [2.05, 4.69) is 39.2 Å². The molecule has 1 N–H and O–H groups in total. The van der Waals surface area contributed by atoms with Crippen LogP contribution in [0.5, 0.6) is 0 Å². The lowest BCUT2D eigenvalue weighted by Gasteiger charge is -2.05. The highest BCUT2D eigenvalue weighted by atomic mass is 15.3. The third-order valence-corrected chi connectivity index (χ3v) is 3.29. The van der Waals surface area contributed by atoms with Crippen LogP contribution in [0.4, 0.5) is 5.95 Å². The Labute approximate surface area is 123 Å². The number of anilines is 1. The van der Waals surface area contributed by atoms with Crippen molar-refractivity contribution in [2.24, 2.45) is 7.05 Å². The van der Waals surface area contributed by atoms with Crippen LogP contribution in [0.1, 0.15) is 18.9 Å². The van der Waals surface area contributed by atoms with Gasteiger partial charge in [-0.3, -0.25) is 4.68 Å². The fourth-order valence-corrected chi connectivity index (χ4v) is 2.20. The second-order valence-corrected chi connectivity index (χ2v) is 5.09. The van der Waals surface area contributed by atoms with E-state index in [4.69, 9.17) is 0 Å². The topological polar surface area (TPSA) is 68.5 Å². The van der Waals surface area contributed by atoms with Gasteiger partial charge in [0.2, 0.25) is 5.95 Å². The number of nitrogens with one attached hydrogen (secondary N) is 1. The minimum Gasteiger partial charge on any atom is -0.354 e. The lowest BCUT2D eigenvalue weighted by molar-refractivity contribution is 0.776. The predicted octanol–water partition coefficient (Wildman–Crippen LogP) is 2.56. The summed E-state index contributed by atoms with van der Waals surface area (Å²) in [5, 5.41) is 8.60. The van der Waals surface area contributed by atoms with E-state index < -0.39 is 0 Å². The molecule has 0 spiro atoms. The Morgan fingerprint density at radius 1 is 1.24 bits per heavy atom. The molecule has 0 bridgehead atoms. The zero-order valence-corrected chi connectivity index (χ0v) is 12.5. The first kappa shape index (κ1) is 13.5. The van der Waals surface area contributed by atoms with E-state index in [-0.39, 0.29) is 0 Å². The molecular formula is C15H18N6. The lowest BCUT2D eigenvalue weighted by Crippen LogP contribution is -2.03. The Morgan fingerprint density at radius 3 is 2.71 bits per heavy atom. The van der Waals surface area contributed by atoms with Crippen LogP contribution in [0.15, 0.2) is 24.7 Å². The summed E-state index contributed by atoms with van der Waals surface area (Å²) >= 11 is 0. The number of fused-ring (bicyclic) bond motifs is 1. The minimum absolute atomic E-state index is 0.649. The highest BCUT2D eigenvalue weighted by molar-refractivity contribution is 5.81. The van der Waals surface area contributed by atoms with Gasteiger partial charge in [0, 0.05) is 43.1 Å². The van der Waals surface area contributed by atoms with Gasteiger partial charge < -0.3 is 5.32 Å². The van der Waals surface area contributed by atoms with Crippen LogP contribution in [-0.4, -0.2) is 31.3 Å². The number of nitrogens with zero attached hydrogens (tertiary/aromatic N) is 5. The molecule has 0 saturated carbocycles. The summed E-state index contributed by atoms with van der Waals surface area (Å²) in [4.78, 5) is 13.2. The number of aromatic nitrogens is 5. The molecule has 0 saturated heterocycles. The Hall–Kier alpha value is -2.50. The highest BCUT2D eigenvalue weighted by Crippen LogP contribution is 2.22. The van der Waals surface area contributed by atoms with Gasteiger partial charge in [0.25, 0.3) is 0 Å². The number of aryl methyl sites for hydroxylation is 2. The summed E-state index contributed by atoms with van der Waals surface area (Å²) in [6.45, 7) is 5.04. The van der Waals surface area contributed by atoms with Crippen LogP contribution in [0.3, 0.4) is 0 Å². The first-order valence-electron chi connectivity index (χ1n) is 7.04. The fraction of sp³-hybridized carbons (Fsp3) is 0.333. The van der Waals surface area contributed by atoms with Crippen molar-refractivity contribution in [1.82, 2.24) is 24.7 Å². The van der Waals surface area contributed by atoms with Crippen molar-refractivity contribution < 1.29 is 0 Å². The molecule has 6 heteroatoms. The monoisotopic (exact) mass is 282 g/mol. The van der Waals surface area contributed by atoms with E-state index in [0.29, 0.717) is 5.95 Å². The largest absolute Gasteiger partial charge is 0.354 e. The molecule has 0 atom stereocenters. The Kier molecular flexibility index (Phi) is 3.51. The van der Waals surface area contributed by atoms with Crippen LogP contribution in [0.2, 0.25) is 0 Å². The summed E-state index contributed by atoms with van der Waals surface area (Å²) in [5.74, 6) is 0.649. The molecule has 3 aromatic heterocycles. The van der Waals surface area contributed by atoms with Crippen molar-refractivity contribution in [2.75, 3.05) is 11.9 Å². The first-order chi connectivity index (χ1) is 10.2. The molecule has 3 rings (SSSR count). The highest BCUT2D eigenvalue weighted by Gasteiger charge is 2.08. The standard InChI is InChI=1S/C15H18N6/c1-4-5-16-15-17-7-11(8-18-15)13-6-10(2)12-9-21(3)20-14(12)19-13/h6-9H,4-5H2,1-3H3,(H,16,17,18). The van der Waals surface area contributed by atoms with Crippen molar-refractivity contribution in [3.05, 3.63) is 30.2 Å². The van der Waals surface area contributed by atoms with Crippen LogP contribution >= 0.6 is 0 Å². The maximum atomic E-state index is 4.59. The van der Waals surface area contributed by atoms with E-state index in [1.807, 2.05) is 19.3 Å². The second kappa shape index (κ2) is 5.47. The maximum Gasteiger partial charge on any atom is 0.222 e. The third kappa shape index (κ3) is 2.69. The van der Waals surface area contributed by atoms with Gasteiger partial charge in [-0.05, 0) is 25.0 Å². The smallest absolute Gasteiger partial charge is 0.222 e. The van der Waals surface area contributed by atoms with Gasteiger partial charge in [0.05, 0.1) is 5.69 Å². The molecule has 0 aliphatic rings. The summed E-state index contributed by atoms with van der Waals surface area (Å²) in [7, 11) is 1.90. The van der Waals surface area contributed by atoms with Gasteiger partial charge >= 0.3 is 0 Å². The fourth-order valence-electron chi connectivity index (χ4n) is 2.20. The zero-order valence-electron chi connectivity index (χ0n) is 12.5. The molecule has 3 heterocycles. The van der Waals surface area contributed by atoms with Crippen molar-refractivity contribution in [1.29, 1.82) is 0 Å². The number of hydrogen-bond donors (Lipinski definition) is 1. The number of rotatable bonds is 4. The average molecular weight is 282 g/mol. The normalized spacial score (nSPS) is 11.0. The Bertz CT molecular complexity index is 760. The molecule has 0 aliphatic carbocycles. The molecule has 0 radical (unpaired) electrons. The summed E-state index contributed by atoms with van der Waals surface area (Å²) in [6.07, 6.45) is 6.61. The van der Waals surface area contributed by atoms with Crippen LogP contribution in [-0.2, 0) is 7.05 Å². The second-order valence-electron chi connectivity index (χ2n) is 5.09. The first-order valence-corrected chi connectivity index (χ1v) is 7.04. The molecule has 21 heavy (non-hydrogen) atoms. The molecular weight excluding hydrogens is 264 g/mol. The lowest BCUT2D eigenvalue weighted by atomic mass is 10.1. The summed E-state index contributed by atoms with van der Waals surface area (Å²) < 4.78 is 1.78. The van der Waals surface area contributed by atoms with Gasteiger partial charge in [0.15, 0.2) is 5.65 Å². The van der Waals surface area contributed by atoms with Gasteiger partial charge in [-0.15, -0.1) is 0 Å². The van der Waals surface area contributed by atoms with Gasteiger partial charge in [-0.25, -0.2) is 15.0 Å². The summed E-state index contributed by atoms with van der Waals surface area (Å²) in [6, 6.07) is 2.04. The molecule has 3 aromatic rings. The van der Waals surface area contributed by atoms with Gasteiger partial charge in [-0.1, -0.05) is 6.92 Å². The zero-order chi connectivity index (χ0) is 14.8. The molecule has 0 unspecified atom stereocenters. The molecule has 6 nitrogen and oxygen atoms in total. The SMILES string of the molecule is CCCNc1ncc(-c2cc(C)c3cn(C)nc3n2)cn1. The molecule has 0 aliphatic heterocycles. The van der Waals surface area contributed by atoms with E-state index in [1.54, 1.807) is 17.1 Å². The van der Waals surface area contributed by atoms with Gasteiger partial charge in [-0.2, -0.15) is 5.10 Å². The van der Waals surface area contributed by atoms with Crippen molar-refractivity contribution in [3.63, 3.8) is 0 Å². The van der Waals surface area contributed by atoms with E-state index in [9.17, 15) is 0 Å². The van der Waals surface area contributed by atoms with Crippen molar-refractivity contribution >= 4 is 17.0 Å². The quantitative estimate of drug-likeness (QED) is 0.796. The average Bonchev–Trinajstić information content (AvgIpc) is 2.86. The Balaban J connectivity index is 1.96. The molecule has 0 fully saturated rings. The van der Waals surface area contributed by atoms with Crippen molar-refractivity contribution in [2.45, 2.75) is 20.3 Å². The van der Waals surface area contributed by atoms with E-state index in [1.165, 1.54) is 0 Å². The van der Waals surface area contributed by atoms with Gasteiger partial charge in [0.1, 0.15) is 0 Å². The number of hydrogen-bond acceptors (Lipinski definition) is 5.